The minimum atomic E-state index is -6.17. The molecule has 0 amide bonds. The van der Waals surface area contributed by atoms with Gasteiger partial charge >= 0.3 is 159 Å². The molecule has 0 radical (unpaired) electrons. The van der Waals surface area contributed by atoms with Gasteiger partial charge < -0.3 is 0 Å². The van der Waals surface area contributed by atoms with Crippen LogP contribution in [0.15, 0.2) is 0 Å². The summed E-state index contributed by atoms with van der Waals surface area (Å²) >= 11 is -12.2. The summed E-state index contributed by atoms with van der Waals surface area (Å²) in [5.74, 6) is 0. The summed E-state index contributed by atoms with van der Waals surface area (Å²) < 4.78 is 69.1. The quantitative estimate of drug-likeness (QED) is 0.317. The van der Waals surface area contributed by atoms with Gasteiger partial charge in [0, 0.05) is 0 Å². The standard InChI is InChI=1S/2Li.Mo.2Na.8O.W/q2*+1;;2*+1;;;;;4*-1;. The Bertz CT molecular complexity index is 222. The fourth-order valence-electron chi connectivity index (χ4n) is 0. The Balaban J connectivity index is -0.0000000178. The maximum absolute atomic E-state index is 8.65. The Kier molecular flexibility index (Phi) is 42.8. The van der Waals surface area contributed by atoms with E-state index >= 15 is 0 Å². The summed E-state index contributed by atoms with van der Waals surface area (Å²) in [6.07, 6.45) is 0. The second-order valence-corrected chi connectivity index (χ2v) is 5.76. The molecule has 0 saturated carbocycles. The van der Waals surface area contributed by atoms with Gasteiger partial charge in [-0.1, -0.05) is 0 Å². The molecule has 0 atom stereocenters. The zero-order valence-electron chi connectivity index (χ0n) is 8.08. The van der Waals surface area contributed by atoms with Gasteiger partial charge in [0.05, 0.1) is 0 Å². The van der Waals surface area contributed by atoms with Crippen molar-refractivity contribution in [2.24, 2.45) is 0 Å². The van der Waals surface area contributed by atoms with Gasteiger partial charge in [-0.25, -0.2) is 0 Å². The summed E-state index contributed by atoms with van der Waals surface area (Å²) in [7, 11) is 0. The van der Waals surface area contributed by atoms with Crippen LogP contribution in [0, 0.1) is 0 Å². The van der Waals surface area contributed by atoms with Crippen LogP contribution in [0.4, 0.5) is 0 Å². The van der Waals surface area contributed by atoms with Crippen LogP contribution >= 0.6 is 0 Å². The third kappa shape index (κ3) is 256. The second kappa shape index (κ2) is 16.6. The van der Waals surface area contributed by atoms with E-state index in [4.69, 9.17) is 28.6 Å². The molecule has 0 aromatic heterocycles. The number of hydrogen-bond donors (Lipinski definition) is 0. The van der Waals surface area contributed by atoms with Crippen LogP contribution in [0.1, 0.15) is 0 Å². The normalized spacial score (nSPS) is 8.29. The van der Waals surface area contributed by atoms with Gasteiger partial charge in [0.15, 0.2) is 0 Å². The van der Waals surface area contributed by atoms with E-state index in [1.54, 1.807) is 0 Å². The number of hydrogen-bond acceptors (Lipinski definition) is 8. The van der Waals surface area contributed by atoms with E-state index in [-0.39, 0.29) is 96.8 Å². The van der Waals surface area contributed by atoms with Crippen molar-refractivity contribution in [3.63, 3.8) is 0 Å². The summed E-state index contributed by atoms with van der Waals surface area (Å²) in [5, 5.41) is 0. The number of rotatable bonds is 0. The second-order valence-electron chi connectivity index (χ2n) is 0.816. The molecule has 0 aromatic carbocycles. The summed E-state index contributed by atoms with van der Waals surface area (Å²) in [4.78, 5) is 0. The Morgan fingerprint density at radius 1 is 0.857 bits per heavy atom. The van der Waals surface area contributed by atoms with Crippen LogP contribution in [0.2, 0.25) is 0 Å². The molecule has 0 fully saturated rings. The zero-order valence-corrected chi connectivity index (χ0v) is 17.0. The molecule has 0 bridgehead atoms. The first-order valence-electron chi connectivity index (χ1n) is 1.33. The van der Waals surface area contributed by atoms with Gasteiger partial charge in [-0.2, -0.15) is 0 Å². The van der Waals surface area contributed by atoms with E-state index in [1.807, 2.05) is 0 Å². The van der Waals surface area contributed by atoms with Crippen molar-refractivity contribution in [2.75, 3.05) is 0 Å². The van der Waals surface area contributed by atoms with Gasteiger partial charge in [0.2, 0.25) is 0 Å². The Labute approximate surface area is 156 Å². The van der Waals surface area contributed by atoms with Crippen molar-refractivity contribution in [1.82, 2.24) is 0 Å². The molecule has 0 saturated heterocycles. The molecule has 0 N–H and O–H groups in total. The average Bonchev–Trinajstić information content (AvgIpc) is 1.12. The van der Waals surface area contributed by atoms with Crippen molar-refractivity contribution < 1.29 is 159 Å². The fraction of sp³-hybridized carbons (Fsp3) is 0. The van der Waals surface area contributed by atoms with E-state index in [0.29, 0.717) is 0 Å². The fourth-order valence-corrected chi connectivity index (χ4v) is 0. The predicted octanol–water partition coefficient (Wildman–Crippen LogP) is -17.2. The average molecular weight is 468 g/mol. The summed E-state index contributed by atoms with van der Waals surface area (Å²) in [5.41, 5.74) is 0. The van der Waals surface area contributed by atoms with E-state index in [9.17, 15) is 0 Å². The molecule has 0 spiro atoms. The molecule has 14 heavy (non-hydrogen) atoms. The first kappa shape index (κ1) is 36.0. The molecule has 0 aliphatic heterocycles. The van der Waals surface area contributed by atoms with Gasteiger partial charge in [-0.3, -0.25) is 0 Å². The Morgan fingerprint density at radius 3 is 0.857 bits per heavy atom. The minimum absolute atomic E-state index is 0. The van der Waals surface area contributed by atoms with Crippen molar-refractivity contribution in [2.45, 2.75) is 0 Å². The molecule has 64 valence electrons. The van der Waals surface area contributed by atoms with Crippen molar-refractivity contribution in [3.05, 3.63) is 0 Å². The Hall–Kier alpha value is 3.61. The third-order valence-corrected chi connectivity index (χ3v) is 0. The SMILES string of the molecule is [Li+].[Li+].[Na+].[Na+].[O]=[Mo](=[O])([O-])[O-].[O]=[W](=[O])([O-])[O-]. The van der Waals surface area contributed by atoms with Crippen LogP contribution in [-0.4, -0.2) is 0 Å². The van der Waals surface area contributed by atoms with Gasteiger partial charge in [-0.15, -0.1) is 0 Å². The molecule has 0 rings (SSSR count). The third-order valence-electron chi connectivity index (χ3n) is 0. The molecular weight excluding hydrogens is 468 g/mol. The van der Waals surface area contributed by atoms with E-state index in [1.165, 1.54) is 0 Å². The van der Waals surface area contributed by atoms with Crippen molar-refractivity contribution in [3.8, 4) is 0 Å². The van der Waals surface area contributed by atoms with Crippen LogP contribution in [-0.2, 0) is 47.1 Å². The molecule has 0 aliphatic carbocycles. The van der Waals surface area contributed by atoms with Crippen LogP contribution in [0.3, 0.4) is 0 Å². The van der Waals surface area contributed by atoms with E-state index in [0.717, 1.165) is 0 Å². The molecule has 0 unspecified atom stereocenters. The first-order valence-corrected chi connectivity index (χ1v) is 9.40. The predicted molar refractivity (Wildman–Crippen MR) is 2.75 cm³/mol. The van der Waals surface area contributed by atoms with Gasteiger partial charge in [-0.05, 0) is 0 Å². The molecule has 0 heterocycles. The summed E-state index contributed by atoms with van der Waals surface area (Å²) in [6, 6.07) is 0. The zero-order chi connectivity index (χ0) is 9.00. The van der Waals surface area contributed by atoms with Crippen LogP contribution in [0.25, 0.3) is 0 Å². The monoisotopic (exact) mass is 470 g/mol. The van der Waals surface area contributed by atoms with Crippen molar-refractivity contribution in [1.29, 1.82) is 0 Å². The van der Waals surface area contributed by atoms with Gasteiger partial charge in [0.1, 0.15) is 0 Å². The molecule has 0 aromatic rings. The molecule has 0 aliphatic rings. The van der Waals surface area contributed by atoms with E-state index < -0.39 is 33.5 Å². The maximum atomic E-state index is 8.65. The van der Waals surface area contributed by atoms with Crippen molar-refractivity contribution >= 4 is 0 Å². The molecule has 8 nitrogen and oxygen atoms in total. The summed E-state index contributed by atoms with van der Waals surface area (Å²) in [6.45, 7) is 0. The first-order chi connectivity index (χ1) is 4.00. The van der Waals surface area contributed by atoms with Crippen LogP contribution < -0.4 is 112 Å². The molecular formula is Li2MoNa2O8W. The molecule has 14 heteroatoms. The van der Waals surface area contributed by atoms with Crippen LogP contribution in [0.5, 0.6) is 0 Å². The van der Waals surface area contributed by atoms with E-state index in [2.05, 4.69) is 0 Å². The topological polar surface area (TPSA) is 161 Å². The van der Waals surface area contributed by atoms with Gasteiger partial charge in [0.25, 0.3) is 0 Å². The Morgan fingerprint density at radius 2 is 0.857 bits per heavy atom.